The standard InChI is InChI=1S/C24H16Cl2FNO6S2/c1-33-20-4-2-3-14(22(20)34-36(31,32)18-9-6-16(25)7-10-18)11-21-23(29)28(24(30)35-21)13-15-5-8-17(27)12-19(15)26/h2-12H,13H2,1H3/b21-11-. The van der Waals surface area contributed by atoms with Gasteiger partial charge in [0.2, 0.25) is 0 Å². The minimum Gasteiger partial charge on any atom is -0.493 e. The Morgan fingerprint density at radius 2 is 1.78 bits per heavy atom. The average molecular weight is 568 g/mol. The Hall–Kier alpha value is -3.05. The number of imide groups is 1. The lowest BCUT2D eigenvalue weighted by molar-refractivity contribution is -0.123. The van der Waals surface area contributed by atoms with Gasteiger partial charge in [0, 0.05) is 15.6 Å². The number of hydrogen-bond acceptors (Lipinski definition) is 7. The number of amides is 2. The van der Waals surface area contributed by atoms with Gasteiger partial charge < -0.3 is 8.92 Å². The quantitative estimate of drug-likeness (QED) is 0.250. The molecule has 1 saturated heterocycles. The maximum atomic E-state index is 13.3. The van der Waals surface area contributed by atoms with E-state index in [1.807, 2.05) is 0 Å². The van der Waals surface area contributed by atoms with Crippen molar-refractivity contribution < 1.29 is 31.3 Å². The van der Waals surface area contributed by atoms with Crippen molar-refractivity contribution in [2.45, 2.75) is 11.4 Å². The number of methoxy groups -OCH3 is 1. The zero-order chi connectivity index (χ0) is 26.0. The van der Waals surface area contributed by atoms with Crippen LogP contribution in [0.4, 0.5) is 9.18 Å². The minimum absolute atomic E-state index is 0.0280. The van der Waals surface area contributed by atoms with Gasteiger partial charge in [0.1, 0.15) is 10.7 Å². The summed E-state index contributed by atoms with van der Waals surface area (Å²) in [7, 11) is -2.95. The molecule has 0 aliphatic carbocycles. The largest absolute Gasteiger partial charge is 0.493 e. The highest BCUT2D eigenvalue weighted by molar-refractivity contribution is 8.18. The molecule has 4 rings (SSSR count). The number of carbonyl (C=O) groups excluding carboxylic acids is 2. The van der Waals surface area contributed by atoms with Gasteiger partial charge in [0.25, 0.3) is 11.1 Å². The number of para-hydroxylation sites is 1. The van der Waals surface area contributed by atoms with Crippen LogP contribution in [0.3, 0.4) is 0 Å². The van der Waals surface area contributed by atoms with E-state index in [1.165, 1.54) is 61.7 Å². The molecule has 0 bridgehead atoms. The number of halogens is 3. The third-order valence-corrected chi connectivity index (χ3v) is 7.78. The van der Waals surface area contributed by atoms with E-state index in [1.54, 1.807) is 6.07 Å². The van der Waals surface area contributed by atoms with Crippen LogP contribution in [0.15, 0.2) is 70.5 Å². The van der Waals surface area contributed by atoms with E-state index in [0.717, 1.165) is 11.0 Å². The van der Waals surface area contributed by atoms with Gasteiger partial charge in [-0.05, 0) is 65.9 Å². The van der Waals surface area contributed by atoms with Crippen molar-refractivity contribution in [1.29, 1.82) is 0 Å². The fraction of sp³-hybridized carbons (Fsp3) is 0.0833. The number of nitrogens with zero attached hydrogens (tertiary/aromatic N) is 1. The van der Waals surface area contributed by atoms with Gasteiger partial charge in [0.15, 0.2) is 11.5 Å². The van der Waals surface area contributed by atoms with Gasteiger partial charge in [-0.15, -0.1) is 0 Å². The predicted molar refractivity (Wildman–Crippen MR) is 135 cm³/mol. The fourth-order valence-electron chi connectivity index (χ4n) is 3.25. The van der Waals surface area contributed by atoms with E-state index >= 15 is 0 Å². The van der Waals surface area contributed by atoms with E-state index in [4.69, 9.17) is 32.1 Å². The summed E-state index contributed by atoms with van der Waals surface area (Å²) in [6.07, 6.45) is 1.34. The SMILES string of the molecule is COc1cccc(/C=C2\SC(=O)N(Cc3ccc(F)cc3Cl)C2=O)c1OS(=O)(=O)c1ccc(Cl)cc1. The Bertz CT molecular complexity index is 1490. The monoisotopic (exact) mass is 567 g/mol. The molecule has 12 heteroatoms. The molecule has 0 unspecified atom stereocenters. The third-order valence-electron chi connectivity index (χ3n) is 5.03. The van der Waals surface area contributed by atoms with E-state index in [0.29, 0.717) is 22.3 Å². The maximum absolute atomic E-state index is 13.3. The van der Waals surface area contributed by atoms with Crippen LogP contribution < -0.4 is 8.92 Å². The normalized spacial score (nSPS) is 15.0. The fourth-order valence-corrected chi connectivity index (χ4v) is 5.40. The van der Waals surface area contributed by atoms with Crippen molar-refractivity contribution in [2.75, 3.05) is 7.11 Å². The van der Waals surface area contributed by atoms with E-state index in [9.17, 15) is 22.4 Å². The Morgan fingerprint density at radius 3 is 2.44 bits per heavy atom. The summed E-state index contributed by atoms with van der Waals surface area (Å²) >= 11 is 12.5. The maximum Gasteiger partial charge on any atom is 0.339 e. The number of carbonyl (C=O) groups is 2. The molecule has 2 amide bonds. The Morgan fingerprint density at radius 1 is 1.06 bits per heavy atom. The number of rotatable bonds is 7. The molecule has 0 spiro atoms. The molecule has 1 aliphatic heterocycles. The summed E-state index contributed by atoms with van der Waals surface area (Å²) in [5.74, 6) is -1.24. The summed E-state index contributed by atoms with van der Waals surface area (Å²) in [6, 6.07) is 13.6. The zero-order valence-corrected chi connectivity index (χ0v) is 21.5. The smallest absolute Gasteiger partial charge is 0.339 e. The molecular weight excluding hydrogens is 552 g/mol. The van der Waals surface area contributed by atoms with Gasteiger partial charge >= 0.3 is 10.1 Å². The molecule has 3 aromatic carbocycles. The van der Waals surface area contributed by atoms with Crippen LogP contribution in [0.2, 0.25) is 10.0 Å². The topological polar surface area (TPSA) is 90.0 Å². The highest BCUT2D eigenvalue weighted by Crippen LogP contribution is 2.39. The summed E-state index contributed by atoms with van der Waals surface area (Å²) in [5, 5.41) is -0.135. The van der Waals surface area contributed by atoms with Crippen molar-refractivity contribution in [1.82, 2.24) is 4.90 Å². The molecule has 1 aliphatic rings. The molecule has 3 aromatic rings. The van der Waals surface area contributed by atoms with E-state index < -0.39 is 27.1 Å². The third kappa shape index (κ3) is 5.52. The van der Waals surface area contributed by atoms with Crippen molar-refractivity contribution in [3.05, 3.63) is 92.6 Å². The molecule has 36 heavy (non-hydrogen) atoms. The van der Waals surface area contributed by atoms with Gasteiger partial charge in [-0.1, -0.05) is 41.4 Å². The van der Waals surface area contributed by atoms with Crippen molar-refractivity contribution in [3.8, 4) is 11.5 Å². The van der Waals surface area contributed by atoms with Crippen molar-refractivity contribution in [2.24, 2.45) is 0 Å². The lowest BCUT2D eigenvalue weighted by Crippen LogP contribution is -2.27. The van der Waals surface area contributed by atoms with Gasteiger partial charge in [-0.25, -0.2) is 4.39 Å². The molecule has 0 radical (unpaired) electrons. The zero-order valence-electron chi connectivity index (χ0n) is 18.4. The van der Waals surface area contributed by atoms with E-state index in [-0.39, 0.29) is 38.4 Å². The molecular formula is C24H16Cl2FNO6S2. The second kappa shape index (κ2) is 10.5. The first-order valence-electron chi connectivity index (χ1n) is 10.2. The second-order valence-corrected chi connectivity index (χ2v) is 10.8. The minimum atomic E-state index is -4.29. The van der Waals surface area contributed by atoms with Gasteiger partial charge in [-0.3, -0.25) is 14.5 Å². The molecule has 1 fully saturated rings. The van der Waals surface area contributed by atoms with E-state index in [2.05, 4.69) is 0 Å². The Labute approximate surface area is 220 Å². The summed E-state index contributed by atoms with van der Waals surface area (Å²) < 4.78 is 49.8. The first-order valence-corrected chi connectivity index (χ1v) is 13.1. The molecule has 0 atom stereocenters. The van der Waals surface area contributed by atoms with Crippen molar-refractivity contribution in [3.63, 3.8) is 0 Å². The van der Waals surface area contributed by atoms with Crippen molar-refractivity contribution >= 4 is 62.3 Å². The first kappa shape index (κ1) is 26.0. The summed E-state index contributed by atoms with van der Waals surface area (Å²) in [4.78, 5) is 26.4. The predicted octanol–water partition coefficient (Wildman–Crippen LogP) is 6.15. The lowest BCUT2D eigenvalue weighted by Gasteiger charge is -2.14. The summed E-state index contributed by atoms with van der Waals surface area (Å²) in [5.41, 5.74) is 0.582. The molecule has 0 saturated carbocycles. The number of ether oxygens (including phenoxy) is 1. The Kier molecular flexibility index (Phi) is 7.60. The van der Waals surface area contributed by atoms with Gasteiger partial charge in [0.05, 0.1) is 18.6 Å². The number of thioether (sulfide) groups is 1. The highest BCUT2D eigenvalue weighted by Gasteiger charge is 2.36. The number of benzene rings is 3. The van der Waals surface area contributed by atoms with Crippen LogP contribution in [-0.4, -0.2) is 31.6 Å². The van der Waals surface area contributed by atoms with Crippen LogP contribution in [-0.2, 0) is 21.5 Å². The molecule has 7 nitrogen and oxygen atoms in total. The highest BCUT2D eigenvalue weighted by atomic mass is 35.5. The molecule has 0 aromatic heterocycles. The lowest BCUT2D eigenvalue weighted by atomic mass is 10.1. The first-order chi connectivity index (χ1) is 17.1. The van der Waals surface area contributed by atoms with Crippen LogP contribution in [0.5, 0.6) is 11.5 Å². The van der Waals surface area contributed by atoms with Crippen LogP contribution in [0, 0.1) is 5.82 Å². The number of hydrogen-bond donors (Lipinski definition) is 0. The van der Waals surface area contributed by atoms with Crippen LogP contribution in [0.1, 0.15) is 11.1 Å². The average Bonchev–Trinajstić information content (AvgIpc) is 3.09. The van der Waals surface area contributed by atoms with Crippen LogP contribution >= 0.6 is 35.0 Å². The van der Waals surface area contributed by atoms with Gasteiger partial charge in [-0.2, -0.15) is 8.42 Å². The second-order valence-electron chi connectivity index (χ2n) is 7.37. The molecule has 1 heterocycles. The molecule has 186 valence electrons. The molecule has 0 N–H and O–H groups in total. The summed E-state index contributed by atoms with van der Waals surface area (Å²) in [6.45, 7) is -0.159. The van der Waals surface area contributed by atoms with Crippen LogP contribution in [0.25, 0.3) is 6.08 Å². The Balaban J connectivity index is 1.66.